The first-order valence-corrected chi connectivity index (χ1v) is 11.5. The molecule has 0 bridgehead atoms. The quantitative estimate of drug-likeness (QED) is 0.567. The summed E-state index contributed by atoms with van der Waals surface area (Å²) in [6.07, 6.45) is 4.11. The number of carbonyl (C=O) groups is 2. The molecule has 0 aliphatic carbocycles. The van der Waals surface area contributed by atoms with Crippen molar-refractivity contribution >= 4 is 23.1 Å². The Morgan fingerprint density at radius 1 is 0.781 bits per heavy atom. The molecular formula is C26H30N2O4. The number of likely N-dealkylation sites (tertiary alicyclic amines) is 1. The predicted molar refractivity (Wildman–Crippen MR) is 125 cm³/mol. The van der Waals surface area contributed by atoms with Crippen LogP contribution >= 0.6 is 0 Å². The van der Waals surface area contributed by atoms with Gasteiger partial charge in [0.15, 0.2) is 0 Å². The van der Waals surface area contributed by atoms with Crippen molar-refractivity contribution in [2.45, 2.75) is 39.5 Å². The molecule has 0 radical (unpaired) electrons. The molecule has 0 spiro atoms. The van der Waals surface area contributed by atoms with E-state index in [1.165, 1.54) is 4.90 Å². The van der Waals surface area contributed by atoms with Gasteiger partial charge in [-0.15, -0.1) is 0 Å². The molecule has 1 fully saturated rings. The first-order valence-electron chi connectivity index (χ1n) is 11.5. The lowest BCUT2D eigenvalue weighted by Crippen LogP contribution is -2.37. The van der Waals surface area contributed by atoms with E-state index >= 15 is 0 Å². The number of benzene rings is 2. The zero-order chi connectivity index (χ0) is 22.5. The van der Waals surface area contributed by atoms with Crippen molar-refractivity contribution < 1.29 is 19.1 Å². The summed E-state index contributed by atoms with van der Waals surface area (Å²) in [6, 6.07) is 14.6. The van der Waals surface area contributed by atoms with Crippen molar-refractivity contribution in [1.82, 2.24) is 4.90 Å². The maximum absolute atomic E-state index is 13.6. The Morgan fingerprint density at radius 2 is 1.41 bits per heavy atom. The van der Waals surface area contributed by atoms with E-state index in [1.807, 2.05) is 31.2 Å². The molecule has 2 aliphatic rings. The third-order valence-electron chi connectivity index (χ3n) is 5.75. The second kappa shape index (κ2) is 9.90. The van der Waals surface area contributed by atoms with Crippen LogP contribution < -0.4 is 14.4 Å². The molecule has 2 amide bonds. The number of piperidine rings is 1. The number of amides is 2. The number of hydrogen-bond donors (Lipinski definition) is 0. The molecule has 6 heteroatoms. The van der Waals surface area contributed by atoms with Crippen LogP contribution in [-0.4, -0.2) is 43.0 Å². The highest BCUT2D eigenvalue weighted by Gasteiger charge is 2.42. The Labute approximate surface area is 189 Å². The normalized spacial score (nSPS) is 16.7. The summed E-state index contributed by atoms with van der Waals surface area (Å²) in [5.74, 6) is 0.919. The lowest BCUT2D eigenvalue weighted by molar-refractivity contribution is -0.120. The average Bonchev–Trinajstić information content (AvgIpc) is 3.09. The second-order valence-corrected chi connectivity index (χ2v) is 8.02. The van der Waals surface area contributed by atoms with Gasteiger partial charge in [0.1, 0.15) is 17.2 Å². The minimum absolute atomic E-state index is 0.262. The van der Waals surface area contributed by atoms with Gasteiger partial charge in [-0.1, -0.05) is 19.1 Å². The summed E-state index contributed by atoms with van der Waals surface area (Å²) in [6.45, 7) is 6.75. The van der Waals surface area contributed by atoms with Gasteiger partial charge in [0.25, 0.3) is 11.8 Å². The van der Waals surface area contributed by atoms with Gasteiger partial charge >= 0.3 is 0 Å². The van der Waals surface area contributed by atoms with Gasteiger partial charge in [-0.3, -0.25) is 9.59 Å². The molecule has 0 atom stereocenters. The first-order chi connectivity index (χ1) is 15.6. The minimum Gasteiger partial charge on any atom is -0.494 e. The van der Waals surface area contributed by atoms with Gasteiger partial charge in [0.05, 0.1) is 24.5 Å². The van der Waals surface area contributed by atoms with Crippen LogP contribution in [0.5, 0.6) is 11.5 Å². The van der Waals surface area contributed by atoms with Crippen LogP contribution in [0, 0.1) is 0 Å². The van der Waals surface area contributed by atoms with Gasteiger partial charge in [-0.2, -0.15) is 0 Å². The van der Waals surface area contributed by atoms with Gasteiger partial charge in [-0.25, -0.2) is 4.90 Å². The van der Waals surface area contributed by atoms with Crippen molar-refractivity contribution in [3.63, 3.8) is 0 Å². The molecule has 2 aromatic carbocycles. The maximum atomic E-state index is 13.6. The SMILES string of the molecule is CCCOc1ccc(C2=C(N3CCCCC3)C(=O)N(c3ccc(OCC)cc3)C2=O)cc1. The van der Waals surface area contributed by atoms with Crippen LogP contribution in [-0.2, 0) is 9.59 Å². The number of hydrogen-bond acceptors (Lipinski definition) is 5. The largest absolute Gasteiger partial charge is 0.494 e. The van der Waals surface area contributed by atoms with Crippen LogP contribution in [0.2, 0.25) is 0 Å². The Hall–Kier alpha value is -3.28. The highest BCUT2D eigenvalue weighted by molar-refractivity contribution is 6.45. The lowest BCUT2D eigenvalue weighted by Gasteiger charge is -2.29. The van der Waals surface area contributed by atoms with Crippen LogP contribution in [0.1, 0.15) is 45.1 Å². The van der Waals surface area contributed by atoms with Gasteiger partial charge in [-0.05, 0) is 74.6 Å². The summed E-state index contributed by atoms with van der Waals surface area (Å²) in [5.41, 5.74) is 2.26. The van der Waals surface area contributed by atoms with E-state index in [4.69, 9.17) is 9.47 Å². The summed E-state index contributed by atoms with van der Waals surface area (Å²) in [7, 11) is 0. The standard InChI is InChI=1S/C26H30N2O4/c1-3-18-32-22-12-8-19(9-13-22)23-24(27-16-6-5-7-17-27)26(30)28(25(23)29)20-10-14-21(15-11-20)31-4-2/h8-15H,3-7,16-18H2,1-2H3. The Bertz CT molecular complexity index is 989. The zero-order valence-corrected chi connectivity index (χ0v) is 18.8. The van der Waals surface area contributed by atoms with E-state index in [0.29, 0.717) is 35.9 Å². The highest BCUT2D eigenvalue weighted by atomic mass is 16.5. The zero-order valence-electron chi connectivity index (χ0n) is 18.8. The van der Waals surface area contributed by atoms with Gasteiger partial charge in [0.2, 0.25) is 0 Å². The number of rotatable bonds is 8. The molecule has 0 unspecified atom stereocenters. The van der Waals surface area contributed by atoms with E-state index in [2.05, 4.69) is 11.8 Å². The van der Waals surface area contributed by atoms with Gasteiger partial charge in [0, 0.05) is 13.1 Å². The Balaban J connectivity index is 1.70. The fourth-order valence-corrected chi connectivity index (χ4v) is 4.22. The fourth-order valence-electron chi connectivity index (χ4n) is 4.22. The monoisotopic (exact) mass is 434 g/mol. The number of nitrogens with zero attached hydrogens (tertiary/aromatic N) is 2. The fraction of sp³-hybridized carbons (Fsp3) is 0.385. The lowest BCUT2D eigenvalue weighted by atomic mass is 10.0. The van der Waals surface area contributed by atoms with Crippen LogP contribution in [0.15, 0.2) is 54.2 Å². The maximum Gasteiger partial charge on any atom is 0.282 e. The summed E-state index contributed by atoms with van der Waals surface area (Å²) < 4.78 is 11.2. The molecule has 0 saturated carbocycles. The van der Waals surface area contributed by atoms with Gasteiger partial charge < -0.3 is 14.4 Å². The molecule has 168 valence electrons. The predicted octanol–water partition coefficient (Wildman–Crippen LogP) is 4.64. The van der Waals surface area contributed by atoms with E-state index < -0.39 is 0 Å². The summed E-state index contributed by atoms with van der Waals surface area (Å²) in [4.78, 5) is 30.5. The molecule has 0 aromatic heterocycles. The molecule has 2 aromatic rings. The number of anilines is 1. The smallest absolute Gasteiger partial charge is 0.282 e. The van der Waals surface area contributed by atoms with Crippen molar-refractivity contribution in [2.24, 2.45) is 0 Å². The van der Waals surface area contributed by atoms with E-state index in [0.717, 1.165) is 50.1 Å². The van der Waals surface area contributed by atoms with E-state index in [1.54, 1.807) is 24.3 Å². The Morgan fingerprint density at radius 3 is 2.03 bits per heavy atom. The number of ether oxygens (including phenoxy) is 2. The highest BCUT2D eigenvalue weighted by Crippen LogP contribution is 2.36. The average molecular weight is 435 g/mol. The molecule has 4 rings (SSSR count). The topological polar surface area (TPSA) is 59.1 Å². The third kappa shape index (κ3) is 4.35. The molecule has 0 N–H and O–H groups in total. The van der Waals surface area contributed by atoms with Crippen molar-refractivity contribution in [3.8, 4) is 11.5 Å². The summed E-state index contributed by atoms with van der Waals surface area (Å²) in [5, 5.41) is 0. The van der Waals surface area contributed by atoms with Crippen molar-refractivity contribution in [3.05, 3.63) is 59.8 Å². The third-order valence-corrected chi connectivity index (χ3v) is 5.75. The summed E-state index contributed by atoms with van der Waals surface area (Å²) >= 11 is 0. The minimum atomic E-state index is -0.290. The van der Waals surface area contributed by atoms with Crippen LogP contribution in [0.3, 0.4) is 0 Å². The second-order valence-electron chi connectivity index (χ2n) is 8.02. The molecular weight excluding hydrogens is 404 g/mol. The van der Waals surface area contributed by atoms with E-state index in [9.17, 15) is 9.59 Å². The van der Waals surface area contributed by atoms with E-state index in [-0.39, 0.29) is 11.8 Å². The molecule has 1 saturated heterocycles. The van der Waals surface area contributed by atoms with Crippen LogP contribution in [0.4, 0.5) is 5.69 Å². The molecule has 6 nitrogen and oxygen atoms in total. The number of carbonyl (C=O) groups excluding carboxylic acids is 2. The number of imide groups is 1. The Kier molecular flexibility index (Phi) is 6.78. The molecule has 2 aliphatic heterocycles. The van der Waals surface area contributed by atoms with Crippen molar-refractivity contribution in [1.29, 1.82) is 0 Å². The van der Waals surface area contributed by atoms with Crippen LogP contribution in [0.25, 0.3) is 5.57 Å². The molecule has 32 heavy (non-hydrogen) atoms. The first kappa shape index (κ1) is 21.9. The molecule has 2 heterocycles. The van der Waals surface area contributed by atoms with Crippen molar-refractivity contribution in [2.75, 3.05) is 31.2 Å².